The van der Waals surface area contributed by atoms with Crippen molar-refractivity contribution in [2.75, 3.05) is 19.8 Å². The maximum Gasteiger partial charge on any atom is 0.351 e. The number of hydrogen-bond acceptors (Lipinski definition) is 4. The van der Waals surface area contributed by atoms with Crippen LogP contribution in [0.3, 0.4) is 0 Å². The second-order valence-electron chi connectivity index (χ2n) is 4.18. The van der Waals surface area contributed by atoms with Crippen LogP contribution in [0.2, 0.25) is 0 Å². The largest absolute Gasteiger partial charge is 0.351 e. The molecule has 0 bridgehead atoms. The van der Waals surface area contributed by atoms with Crippen molar-refractivity contribution >= 4 is 7.60 Å². The Labute approximate surface area is 108 Å². The number of hydrogen-bond donors (Lipinski definition) is 1. The van der Waals surface area contributed by atoms with Gasteiger partial charge in [-0.15, -0.1) is 0 Å². The normalized spacial score (nSPS) is 19.6. The Morgan fingerprint density at radius 3 is 2.61 bits per heavy atom. The van der Waals surface area contributed by atoms with Crippen molar-refractivity contribution in [3.63, 3.8) is 0 Å². The number of fused-ring (bicyclic) bond motifs is 1. The van der Waals surface area contributed by atoms with Crippen molar-refractivity contribution in [2.24, 2.45) is 0 Å². The molecule has 1 aliphatic heterocycles. The van der Waals surface area contributed by atoms with Gasteiger partial charge in [-0.05, 0) is 31.4 Å². The lowest BCUT2D eigenvalue weighted by Crippen LogP contribution is -2.30. The third-order valence-corrected chi connectivity index (χ3v) is 5.35. The zero-order valence-corrected chi connectivity index (χ0v) is 11.8. The third kappa shape index (κ3) is 2.67. The summed E-state index contributed by atoms with van der Waals surface area (Å²) < 4.78 is 23.7. The van der Waals surface area contributed by atoms with Gasteiger partial charge in [-0.1, -0.05) is 24.3 Å². The van der Waals surface area contributed by atoms with Gasteiger partial charge in [0, 0.05) is 6.54 Å². The zero-order valence-electron chi connectivity index (χ0n) is 10.9. The van der Waals surface area contributed by atoms with Crippen LogP contribution in [0.15, 0.2) is 24.3 Å². The van der Waals surface area contributed by atoms with E-state index in [2.05, 4.69) is 11.4 Å². The van der Waals surface area contributed by atoms with Crippen LogP contribution < -0.4 is 5.32 Å². The lowest BCUT2D eigenvalue weighted by atomic mass is 10.0. The Balaban J connectivity index is 2.35. The van der Waals surface area contributed by atoms with Gasteiger partial charge in [0.05, 0.1) is 13.2 Å². The predicted molar refractivity (Wildman–Crippen MR) is 71.7 cm³/mol. The molecule has 1 heterocycles. The van der Waals surface area contributed by atoms with E-state index in [9.17, 15) is 4.57 Å². The van der Waals surface area contributed by atoms with Crippen LogP contribution in [0.25, 0.3) is 0 Å². The molecule has 0 radical (unpaired) electrons. The van der Waals surface area contributed by atoms with Gasteiger partial charge in [0.2, 0.25) is 0 Å². The first-order chi connectivity index (χ1) is 8.71. The van der Waals surface area contributed by atoms with E-state index in [0.29, 0.717) is 13.2 Å². The molecular weight excluding hydrogens is 249 g/mol. The average molecular weight is 269 g/mol. The minimum absolute atomic E-state index is 0.345. The molecule has 1 aliphatic rings. The Kier molecular flexibility index (Phi) is 4.57. The molecule has 1 aromatic rings. The summed E-state index contributed by atoms with van der Waals surface area (Å²) in [7, 11) is -3.14. The van der Waals surface area contributed by atoms with E-state index in [-0.39, 0.29) is 5.78 Å². The molecule has 4 nitrogen and oxygen atoms in total. The molecular formula is C13H20NO3P. The summed E-state index contributed by atoms with van der Waals surface area (Å²) in [6.45, 7) is 5.24. The van der Waals surface area contributed by atoms with Gasteiger partial charge in [0.1, 0.15) is 5.78 Å². The molecule has 18 heavy (non-hydrogen) atoms. The van der Waals surface area contributed by atoms with E-state index in [4.69, 9.17) is 9.05 Å². The van der Waals surface area contributed by atoms with Crippen molar-refractivity contribution in [1.82, 2.24) is 5.32 Å². The van der Waals surface area contributed by atoms with Crippen molar-refractivity contribution in [3.8, 4) is 0 Å². The fourth-order valence-electron chi connectivity index (χ4n) is 2.31. The van der Waals surface area contributed by atoms with Crippen LogP contribution in [0.4, 0.5) is 0 Å². The molecule has 0 aliphatic carbocycles. The Hall–Kier alpha value is -0.670. The van der Waals surface area contributed by atoms with Crippen molar-refractivity contribution in [2.45, 2.75) is 26.1 Å². The molecule has 0 saturated carbocycles. The molecule has 2 rings (SSSR count). The summed E-state index contributed by atoms with van der Waals surface area (Å²) in [4.78, 5) is 0. The molecule has 1 atom stereocenters. The third-order valence-electron chi connectivity index (χ3n) is 3.02. The highest BCUT2D eigenvalue weighted by Crippen LogP contribution is 2.60. The zero-order chi connectivity index (χ0) is 13.0. The van der Waals surface area contributed by atoms with E-state index in [0.717, 1.165) is 18.5 Å². The quantitative estimate of drug-likeness (QED) is 0.834. The molecule has 1 aromatic carbocycles. The van der Waals surface area contributed by atoms with Gasteiger partial charge in [0.15, 0.2) is 0 Å². The fourth-order valence-corrected chi connectivity index (χ4v) is 4.35. The highest BCUT2D eigenvalue weighted by molar-refractivity contribution is 7.54. The second-order valence-corrected chi connectivity index (χ2v) is 6.29. The van der Waals surface area contributed by atoms with Crippen LogP contribution in [-0.4, -0.2) is 19.8 Å². The number of benzene rings is 1. The Morgan fingerprint density at radius 1 is 1.28 bits per heavy atom. The van der Waals surface area contributed by atoms with Crippen LogP contribution in [-0.2, 0) is 20.0 Å². The van der Waals surface area contributed by atoms with Crippen LogP contribution in [0, 0.1) is 0 Å². The molecule has 0 aromatic heterocycles. The molecule has 0 amide bonds. The molecule has 0 saturated heterocycles. The first-order valence-electron chi connectivity index (χ1n) is 6.41. The summed E-state index contributed by atoms with van der Waals surface area (Å²) in [6.07, 6.45) is 0.949. The summed E-state index contributed by atoms with van der Waals surface area (Å²) in [5, 5.41) is 3.27. The van der Waals surface area contributed by atoms with E-state index in [1.54, 1.807) is 0 Å². The van der Waals surface area contributed by atoms with Crippen LogP contribution in [0.1, 0.15) is 30.8 Å². The van der Waals surface area contributed by atoms with Gasteiger partial charge in [-0.25, -0.2) is 0 Å². The maximum absolute atomic E-state index is 12.8. The molecule has 1 N–H and O–H groups in total. The molecule has 5 heteroatoms. The lowest BCUT2D eigenvalue weighted by Gasteiger charge is -2.31. The monoisotopic (exact) mass is 269 g/mol. The minimum Gasteiger partial charge on any atom is -0.308 e. The van der Waals surface area contributed by atoms with Gasteiger partial charge in [0.25, 0.3) is 0 Å². The second kappa shape index (κ2) is 5.98. The SMILES string of the molecule is CCOP(=O)(OCC)C1NCCc2ccccc21. The molecule has 0 spiro atoms. The highest BCUT2D eigenvalue weighted by atomic mass is 31.2. The van der Waals surface area contributed by atoms with Gasteiger partial charge < -0.3 is 9.05 Å². The standard InChI is InChI=1S/C13H20NO3P/c1-3-16-18(15,17-4-2)13-12-8-6-5-7-11(12)9-10-14-13/h5-8,13-14H,3-4,9-10H2,1-2H3. The molecule has 0 fully saturated rings. The molecule has 1 unspecified atom stereocenters. The maximum atomic E-state index is 12.8. The molecule has 100 valence electrons. The van der Waals surface area contributed by atoms with E-state index in [1.807, 2.05) is 32.0 Å². The van der Waals surface area contributed by atoms with Gasteiger partial charge >= 0.3 is 7.60 Å². The van der Waals surface area contributed by atoms with E-state index < -0.39 is 7.60 Å². The minimum atomic E-state index is -3.14. The Bertz CT molecular complexity index is 440. The van der Waals surface area contributed by atoms with E-state index in [1.165, 1.54) is 5.56 Å². The summed E-state index contributed by atoms with van der Waals surface area (Å²) in [5.41, 5.74) is 2.26. The van der Waals surface area contributed by atoms with Crippen molar-refractivity contribution < 1.29 is 13.6 Å². The smallest absolute Gasteiger partial charge is 0.308 e. The Morgan fingerprint density at radius 2 is 1.94 bits per heavy atom. The van der Waals surface area contributed by atoms with Gasteiger partial charge in [-0.3, -0.25) is 9.88 Å². The fraction of sp³-hybridized carbons (Fsp3) is 0.538. The van der Waals surface area contributed by atoms with Crippen molar-refractivity contribution in [1.29, 1.82) is 0 Å². The number of rotatable bonds is 5. The number of nitrogens with one attached hydrogen (secondary N) is 1. The first kappa shape index (κ1) is 13.8. The van der Waals surface area contributed by atoms with Crippen LogP contribution in [0.5, 0.6) is 0 Å². The predicted octanol–water partition coefficient (Wildman–Crippen LogP) is 3.10. The van der Waals surface area contributed by atoms with Gasteiger partial charge in [-0.2, -0.15) is 0 Å². The van der Waals surface area contributed by atoms with Crippen LogP contribution >= 0.6 is 7.60 Å². The van der Waals surface area contributed by atoms with E-state index >= 15 is 0 Å². The summed E-state index contributed by atoms with van der Waals surface area (Å²) >= 11 is 0. The topological polar surface area (TPSA) is 47.6 Å². The highest BCUT2D eigenvalue weighted by Gasteiger charge is 2.39. The summed E-state index contributed by atoms with van der Waals surface area (Å²) in [5.74, 6) is -0.345. The lowest BCUT2D eigenvalue weighted by molar-refractivity contribution is 0.206. The average Bonchev–Trinajstić information content (AvgIpc) is 2.38. The van der Waals surface area contributed by atoms with Crippen molar-refractivity contribution in [3.05, 3.63) is 35.4 Å². The summed E-state index contributed by atoms with van der Waals surface area (Å²) in [6, 6.07) is 8.04. The first-order valence-corrected chi connectivity index (χ1v) is 8.02.